The van der Waals surface area contributed by atoms with Crippen LogP contribution in [0.25, 0.3) is 17.2 Å². The molecule has 0 saturated carbocycles. The summed E-state index contributed by atoms with van der Waals surface area (Å²) in [5, 5.41) is 3.06. The van der Waals surface area contributed by atoms with Gasteiger partial charge >= 0.3 is 6.18 Å². The standard InChI is InChI=1S/C18H15F3N6O/c1-28-12-5-3-11(4-6-12)24-16-23-10-14(25-16)15-13(9-18(19,20)21)26-17-22-7-2-8-27(15)17/h2-8,10H,9H2,1H3,(H2,23,24,25). The number of nitrogens with zero attached hydrogens (tertiary/aromatic N) is 4. The molecule has 4 rings (SSSR count). The number of alkyl halides is 3. The van der Waals surface area contributed by atoms with Crippen LogP contribution in [0.15, 0.2) is 48.9 Å². The molecule has 0 bridgehead atoms. The SMILES string of the molecule is COc1ccc(Nc2ncc(-c3c(CC(F)(F)F)nc4ncccn34)[nH]2)cc1. The molecule has 2 N–H and O–H groups in total. The molecule has 0 atom stereocenters. The quantitative estimate of drug-likeness (QED) is 0.541. The Morgan fingerprint density at radius 2 is 1.96 bits per heavy atom. The fourth-order valence-electron chi connectivity index (χ4n) is 2.85. The van der Waals surface area contributed by atoms with Crippen LogP contribution in [0.5, 0.6) is 5.75 Å². The number of benzene rings is 1. The van der Waals surface area contributed by atoms with Crippen LogP contribution in [-0.2, 0) is 6.42 Å². The van der Waals surface area contributed by atoms with Crippen LogP contribution in [0.4, 0.5) is 24.8 Å². The number of fused-ring (bicyclic) bond motifs is 1. The Morgan fingerprint density at radius 3 is 2.68 bits per heavy atom. The summed E-state index contributed by atoms with van der Waals surface area (Å²) in [5.74, 6) is 1.29. The van der Waals surface area contributed by atoms with Crippen molar-refractivity contribution in [2.24, 2.45) is 0 Å². The lowest BCUT2D eigenvalue weighted by molar-refractivity contribution is -0.127. The number of H-pyrrole nitrogens is 1. The number of methoxy groups -OCH3 is 1. The summed E-state index contributed by atoms with van der Waals surface area (Å²) in [6.07, 6.45) is -1.000. The van der Waals surface area contributed by atoms with Gasteiger partial charge in [0.2, 0.25) is 11.7 Å². The third-order valence-electron chi connectivity index (χ3n) is 4.03. The fourth-order valence-corrected chi connectivity index (χ4v) is 2.85. The predicted octanol–water partition coefficient (Wildman–Crippen LogP) is 3.98. The molecule has 4 aromatic rings. The summed E-state index contributed by atoms with van der Waals surface area (Å²) in [7, 11) is 1.57. The molecule has 0 aliphatic heterocycles. The Bertz CT molecular complexity index is 1100. The maximum Gasteiger partial charge on any atom is 0.394 e. The number of nitrogens with one attached hydrogen (secondary N) is 2. The Balaban J connectivity index is 1.69. The monoisotopic (exact) mass is 388 g/mol. The minimum absolute atomic E-state index is 0.120. The molecule has 0 aliphatic rings. The van der Waals surface area contributed by atoms with Gasteiger partial charge < -0.3 is 15.0 Å². The normalized spacial score (nSPS) is 11.7. The van der Waals surface area contributed by atoms with Crippen LogP contribution in [0.3, 0.4) is 0 Å². The predicted molar refractivity (Wildman–Crippen MR) is 96.6 cm³/mol. The number of aromatic nitrogens is 5. The molecule has 0 aliphatic carbocycles. The number of hydrogen-bond donors (Lipinski definition) is 2. The molecule has 0 spiro atoms. The highest BCUT2D eigenvalue weighted by Gasteiger charge is 2.32. The topological polar surface area (TPSA) is 80.1 Å². The second kappa shape index (κ2) is 6.87. The molecule has 7 nitrogen and oxygen atoms in total. The Kier molecular flexibility index (Phi) is 4.38. The van der Waals surface area contributed by atoms with Crippen LogP contribution in [0.1, 0.15) is 5.69 Å². The molecule has 3 aromatic heterocycles. The summed E-state index contributed by atoms with van der Waals surface area (Å²) in [6, 6.07) is 8.79. The van der Waals surface area contributed by atoms with Crippen molar-refractivity contribution >= 4 is 17.4 Å². The van der Waals surface area contributed by atoms with Crippen LogP contribution in [0.2, 0.25) is 0 Å². The van der Waals surface area contributed by atoms with Crippen molar-refractivity contribution in [2.45, 2.75) is 12.6 Å². The van der Waals surface area contributed by atoms with Gasteiger partial charge in [0.25, 0.3) is 0 Å². The summed E-state index contributed by atoms with van der Waals surface area (Å²) < 4.78 is 45.6. The molecule has 1 aromatic carbocycles. The summed E-state index contributed by atoms with van der Waals surface area (Å²) >= 11 is 0. The van der Waals surface area contributed by atoms with E-state index in [1.54, 1.807) is 43.6 Å². The van der Waals surface area contributed by atoms with E-state index in [9.17, 15) is 13.2 Å². The highest BCUT2D eigenvalue weighted by Crippen LogP contribution is 2.30. The van der Waals surface area contributed by atoms with Gasteiger partial charge in [-0.25, -0.2) is 15.0 Å². The number of imidazole rings is 2. The molecular formula is C18H15F3N6O. The molecule has 3 heterocycles. The second-order valence-electron chi connectivity index (χ2n) is 5.99. The number of hydrogen-bond acceptors (Lipinski definition) is 5. The van der Waals surface area contributed by atoms with E-state index < -0.39 is 12.6 Å². The smallest absolute Gasteiger partial charge is 0.394 e. The van der Waals surface area contributed by atoms with Crippen LogP contribution >= 0.6 is 0 Å². The molecule has 0 saturated heterocycles. The first-order valence-corrected chi connectivity index (χ1v) is 8.28. The van der Waals surface area contributed by atoms with Gasteiger partial charge in [0.1, 0.15) is 5.75 Å². The molecular weight excluding hydrogens is 373 g/mol. The molecule has 0 radical (unpaired) electrons. The van der Waals surface area contributed by atoms with Gasteiger partial charge in [-0.1, -0.05) is 0 Å². The van der Waals surface area contributed by atoms with Gasteiger partial charge in [0, 0.05) is 18.1 Å². The highest BCUT2D eigenvalue weighted by molar-refractivity contribution is 5.65. The van der Waals surface area contributed by atoms with Crippen molar-refractivity contribution in [3.05, 3.63) is 54.6 Å². The average Bonchev–Trinajstić information content (AvgIpc) is 3.24. The number of rotatable bonds is 5. The number of halogens is 3. The Hall–Kier alpha value is -3.56. The molecule has 0 unspecified atom stereocenters. The molecule has 10 heteroatoms. The third-order valence-corrected chi connectivity index (χ3v) is 4.03. The van der Waals surface area contributed by atoms with E-state index in [0.717, 1.165) is 5.69 Å². The van der Waals surface area contributed by atoms with E-state index in [0.29, 0.717) is 17.4 Å². The highest BCUT2D eigenvalue weighted by atomic mass is 19.4. The first-order chi connectivity index (χ1) is 13.4. The van der Waals surface area contributed by atoms with Crippen molar-refractivity contribution in [3.63, 3.8) is 0 Å². The van der Waals surface area contributed by atoms with Crippen LogP contribution < -0.4 is 10.1 Å². The summed E-state index contributed by atoms with van der Waals surface area (Å²) in [4.78, 5) is 15.3. The third kappa shape index (κ3) is 3.61. The van der Waals surface area contributed by atoms with Gasteiger partial charge in [0.15, 0.2) is 0 Å². The molecule has 144 valence electrons. The zero-order chi connectivity index (χ0) is 19.7. The largest absolute Gasteiger partial charge is 0.497 e. The zero-order valence-corrected chi connectivity index (χ0v) is 14.7. The summed E-state index contributed by atoms with van der Waals surface area (Å²) in [6.45, 7) is 0. The van der Waals surface area contributed by atoms with E-state index in [2.05, 4.69) is 25.3 Å². The minimum Gasteiger partial charge on any atom is -0.497 e. The first kappa shape index (κ1) is 17.8. The van der Waals surface area contributed by atoms with Gasteiger partial charge in [-0.05, 0) is 30.3 Å². The van der Waals surface area contributed by atoms with Crippen LogP contribution in [0, 0.1) is 0 Å². The lowest BCUT2D eigenvalue weighted by Gasteiger charge is -2.06. The van der Waals surface area contributed by atoms with E-state index in [1.807, 2.05) is 0 Å². The van der Waals surface area contributed by atoms with Gasteiger partial charge in [-0.2, -0.15) is 13.2 Å². The van der Waals surface area contributed by atoms with Gasteiger partial charge in [-0.15, -0.1) is 0 Å². The first-order valence-electron chi connectivity index (χ1n) is 8.28. The second-order valence-corrected chi connectivity index (χ2v) is 5.99. The van der Waals surface area contributed by atoms with Gasteiger partial charge in [0.05, 0.1) is 36.8 Å². The Morgan fingerprint density at radius 1 is 1.18 bits per heavy atom. The van der Waals surface area contributed by atoms with Crippen molar-refractivity contribution in [1.29, 1.82) is 0 Å². The molecule has 28 heavy (non-hydrogen) atoms. The number of anilines is 2. The van der Waals surface area contributed by atoms with E-state index in [-0.39, 0.29) is 17.2 Å². The van der Waals surface area contributed by atoms with E-state index in [4.69, 9.17) is 4.74 Å². The molecule has 0 fully saturated rings. The van der Waals surface area contributed by atoms with Crippen molar-refractivity contribution < 1.29 is 17.9 Å². The summed E-state index contributed by atoms with van der Waals surface area (Å²) in [5.41, 5.74) is 1.30. The van der Waals surface area contributed by atoms with Crippen molar-refractivity contribution in [1.82, 2.24) is 24.3 Å². The van der Waals surface area contributed by atoms with E-state index in [1.165, 1.54) is 16.8 Å². The van der Waals surface area contributed by atoms with Crippen molar-refractivity contribution in [3.8, 4) is 17.1 Å². The minimum atomic E-state index is -4.39. The average molecular weight is 388 g/mol. The maximum absolute atomic E-state index is 13.0. The number of aromatic amines is 1. The lowest BCUT2D eigenvalue weighted by Crippen LogP contribution is -2.12. The maximum atomic E-state index is 13.0. The Labute approximate surface area is 157 Å². The lowest BCUT2D eigenvalue weighted by atomic mass is 10.2. The zero-order valence-electron chi connectivity index (χ0n) is 14.7. The molecule has 0 amide bonds. The van der Waals surface area contributed by atoms with Gasteiger partial charge in [-0.3, -0.25) is 4.40 Å². The fraction of sp³-hybridized carbons (Fsp3) is 0.167. The van der Waals surface area contributed by atoms with E-state index >= 15 is 0 Å². The van der Waals surface area contributed by atoms with Crippen molar-refractivity contribution in [2.75, 3.05) is 12.4 Å². The van der Waals surface area contributed by atoms with Crippen LogP contribution in [-0.4, -0.2) is 37.6 Å². The number of ether oxygens (including phenoxy) is 1.